The molecule has 0 unspecified atom stereocenters. The number of benzene rings is 1. The molecule has 0 aliphatic heterocycles. The predicted octanol–water partition coefficient (Wildman–Crippen LogP) is 3.75. The van der Waals surface area contributed by atoms with E-state index in [-0.39, 0.29) is 5.91 Å². The van der Waals surface area contributed by atoms with E-state index in [0.717, 1.165) is 33.7 Å². The molecule has 4 nitrogen and oxygen atoms in total. The molecule has 0 spiro atoms. The van der Waals surface area contributed by atoms with Gasteiger partial charge in [0.2, 0.25) is 0 Å². The summed E-state index contributed by atoms with van der Waals surface area (Å²) in [5.41, 5.74) is 2.67. The van der Waals surface area contributed by atoms with Crippen LogP contribution < -0.4 is 5.32 Å². The Bertz CT molecular complexity index is 772. The monoisotopic (exact) mass is 285 g/mol. The molecule has 0 fully saturated rings. The SMILES string of the molecule is CCc1nc(C)sc1C(=O)Nc1ccc2cc[nH]c2c1. The van der Waals surface area contributed by atoms with E-state index >= 15 is 0 Å². The molecule has 0 aliphatic rings. The Labute approximate surface area is 120 Å². The molecule has 3 aromatic rings. The summed E-state index contributed by atoms with van der Waals surface area (Å²) >= 11 is 1.44. The Hall–Kier alpha value is -2.14. The second kappa shape index (κ2) is 5.09. The predicted molar refractivity (Wildman–Crippen MR) is 82.5 cm³/mol. The van der Waals surface area contributed by atoms with E-state index in [1.54, 1.807) is 0 Å². The maximum atomic E-state index is 12.3. The first-order valence-corrected chi connectivity index (χ1v) is 7.34. The molecule has 20 heavy (non-hydrogen) atoms. The summed E-state index contributed by atoms with van der Waals surface area (Å²) in [5.74, 6) is -0.0849. The Balaban J connectivity index is 1.87. The lowest BCUT2D eigenvalue weighted by Crippen LogP contribution is -2.12. The summed E-state index contributed by atoms with van der Waals surface area (Å²) in [7, 11) is 0. The number of aromatic nitrogens is 2. The van der Waals surface area contributed by atoms with Crippen molar-refractivity contribution in [3.63, 3.8) is 0 Å². The number of fused-ring (bicyclic) bond motifs is 1. The molecule has 102 valence electrons. The van der Waals surface area contributed by atoms with E-state index in [4.69, 9.17) is 0 Å². The van der Waals surface area contributed by atoms with Gasteiger partial charge >= 0.3 is 0 Å². The molecule has 0 saturated heterocycles. The Morgan fingerprint density at radius 3 is 3.05 bits per heavy atom. The molecule has 0 atom stereocenters. The Morgan fingerprint density at radius 2 is 2.25 bits per heavy atom. The lowest BCUT2D eigenvalue weighted by atomic mass is 10.2. The molecule has 0 bridgehead atoms. The third kappa shape index (κ3) is 2.32. The van der Waals surface area contributed by atoms with Gasteiger partial charge in [-0.25, -0.2) is 4.98 Å². The third-order valence-corrected chi connectivity index (χ3v) is 4.17. The number of amides is 1. The third-order valence-electron chi connectivity index (χ3n) is 3.16. The van der Waals surface area contributed by atoms with Gasteiger partial charge in [0.15, 0.2) is 0 Å². The minimum absolute atomic E-state index is 0.0849. The molecule has 0 saturated carbocycles. The number of thiazole rings is 1. The second-order valence-corrected chi connectivity index (χ2v) is 5.80. The van der Waals surface area contributed by atoms with E-state index in [1.807, 2.05) is 44.3 Å². The summed E-state index contributed by atoms with van der Waals surface area (Å²) < 4.78 is 0. The quantitative estimate of drug-likeness (QED) is 0.770. The zero-order valence-corrected chi connectivity index (χ0v) is 12.2. The summed E-state index contributed by atoms with van der Waals surface area (Å²) in [5, 5.41) is 4.99. The van der Waals surface area contributed by atoms with Gasteiger partial charge in [0, 0.05) is 17.4 Å². The molecule has 0 aliphatic carbocycles. The van der Waals surface area contributed by atoms with Crippen LogP contribution in [-0.4, -0.2) is 15.9 Å². The Morgan fingerprint density at radius 1 is 1.40 bits per heavy atom. The smallest absolute Gasteiger partial charge is 0.267 e. The van der Waals surface area contributed by atoms with Crippen LogP contribution in [0.3, 0.4) is 0 Å². The number of aryl methyl sites for hydroxylation is 2. The van der Waals surface area contributed by atoms with Crippen LogP contribution in [-0.2, 0) is 6.42 Å². The lowest BCUT2D eigenvalue weighted by Gasteiger charge is -2.04. The van der Waals surface area contributed by atoms with Crippen LogP contribution in [0.15, 0.2) is 30.5 Å². The Kier molecular flexibility index (Phi) is 3.28. The first-order chi connectivity index (χ1) is 9.67. The lowest BCUT2D eigenvalue weighted by molar-refractivity contribution is 0.102. The number of carbonyl (C=O) groups excluding carboxylic acids is 1. The van der Waals surface area contributed by atoms with Crippen molar-refractivity contribution in [3.05, 3.63) is 46.0 Å². The van der Waals surface area contributed by atoms with Crippen molar-refractivity contribution in [2.75, 3.05) is 5.32 Å². The van der Waals surface area contributed by atoms with Gasteiger partial charge in [-0.3, -0.25) is 4.79 Å². The van der Waals surface area contributed by atoms with Gasteiger partial charge < -0.3 is 10.3 Å². The van der Waals surface area contributed by atoms with Crippen molar-refractivity contribution < 1.29 is 4.79 Å². The normalized spacial score (nSPS) is 10.9. The van der Waals surface area contributed by atoms with Gasteiger partial charge in [-0.2, -0.15) is 0 Å². The van der Waals surface area contributed by atoms with Crippen LogP contribution in [0.25, 0.3) is 10.9 Å². The summed E-state index contributed by atoms with van der Waals surface area (Å²) in [4.78, 5) is 20.6. The van der Waals surface area contributed by atoms with E-state index in [0.29, 0.717) is 4.88 Å². The number of aromatic amines is 1. The highest BCUT2D eigenvalue weighted by atomic mass is 32.1. The van der Waals surface area contributed by atoms with Crippen LogP contribution in [0.5, 0.6) is 0 Å². The topological polar surface area (TPSA) is 57.8 Å². The van der Waals surface area contributed by atoms with Crippen LogP contribution in [0.2, 0.25) is 0 Å². The molecule has 2 aromatic heterocycles. The molecule has 2 N–H and O–H groups in total. The second-order valence-electron chi connectivity index (χ2n) is 4.60. The van der Waals surface area contributed by atoms with Crippen molar-refractivity contribution in [2.45, 2.75) is 20.3 Å². The van der Waals surface area contributed by atoms with Crippen LogP contribution >= 0.6 is 11.3 Å². The standard InChI is InChI=1S/C15H15N3OS/c1-3-12-14(20-9(2)17-12)15(19)18-11-5-4-10-6-7-16-13(10)8-11/h4-8,16H,3H2,1-2H3,(H,18,19). The van der Waals surface area contributed by atoms with Crippen molar-refractivity contribution >= 4 is 33.8 Å². The number of nitrogens with one attached hydrogen (secondary N) is 2. The first-order valence-electron chi connectivity index (χ1n) is 6.52. The zero-order valence-electron chi connectivity index (χ0n) is 11.4. The summed E-state index contributed by atoms with van der Waals surface area (Å²) in [6, 6.07) is 7.84. The molecule has 1 amide bonds. The average molecular weight is 285 g/mol. The fourth-order valence-electron chi connectivity index (χ4n) is 2.20. The van der Waals surface area contributed by atoms with E-state index < -0.39 is 0 Å². The number of hydrogen-bond donors (Lipinski definition) is 2. The highest BCUT2D eigenvalue weighted by molar-refractivity contribution is 7.13. The van der Waals surface area contributed by atoms with Crippen molar-refractivity contribution in [3.8, 4) is 0 Å². The van der Waals surface area contributed by atoms with Gasteiger partial charge in [0.1, 0.15) is 4.88 Å². The van der Waals surface area contributed by atoms with Gasteiger partial charge in [0.05, 0.1) is 10.7 Å². The van der Waals surface area contributed by atoms with Crippen LogP contribution in [0.4, 0.5) is 5.69 Å². The molecule has 3 rings (SSSR count). The maximum Gasteiger partial charge on any atom is 0.267 e. The molecule has 1 aromatic carbocycles. The first kappa shape index (κ1) is 12.9. The van der Waals surface area contributed by atoms with Crippen LogP contribution in [0, 0.1) is 6.92 Å². The molecular weight excluding hydrogens is 270 g/mol. The molecule has 2 heterocycles. The number of nitrogens with zero attached hydrogens (tertiary/aromatic N) is 1. The van der Waals surface area contributed by atoms with E-state index in [1.165, 1.54) is 11.3 Å². The van der Waals surface area contributed by atoms with Crippen molar-refractivity contribution in [2.24, 2.45) is 0 Å². The molecule has 0 radical (unpaired) electrons. The van der Waals surface area contributed by atoms with Crippen molar-refractivity contribution in [1.29, 1.82) is 0 Å². The van der Waals surface area contributed by atoms with Crippen LogP contribution in [0.1, 0.15) is 27.3 Å². The number of H-pyrrole nitrogens is 1. The van der Waals surface area contributed by atoms with Gasteiger partial charge in [0.25, 0.3) is 5.91 Å². The fourth-order valence-corrected chi connectivity index (χ4v) is 3.10. The minimum atomic E-state index is -0.0849. The number of rotatable bonds is 3. The summed E-state index contributed by atoms with van der Waals surface area (Å²) in [6.07, 6.45) is 2.65. The zero-order chi connectivity index (χ0) is 14.1. The fraction of sp³-hybridized carbons (Fsp3) is 0.200. The highest BCUT2D eigenvalue weighted by Gasteiger charge is 2.15. The van der Waals surface area contributed by atoms with Crippen molar-refractivity contribution in [1.82, 2.24) is 9.97 Å². The van der Waals surface area contributed by atoms with Gasteiger partial charge in [-0.15, -0.1) is 11.3 Å². The molecular formula is C15H15N3OS. The number of anilines is 1. The van der Waals surface area contributed by atoms with Gasteiger partial charge in [-0.1, -0.05) is 13.0 Å². The van der Waals surface area contributed by atoms with E-state index in [9.17, 15) is 4.79 Å². The highest BCUT2D eigenvalue weighted by Crippen LogP contribution is 2.22. The van der Waals surface area contributed by atoms with E-state index in [2.05, 4.69) is 15.3 Å². The average Bonchev–Trinajstić information content (AvgIpc) is 3.03. The minimum Gasteiger partial charge on any atom is -0.361 e. The maximum absolute atomic E-state index is 12.3. The number of carbonyl (C=O) groups is 1. The number of hydrogen-bond acceptors (Lipinski definition) is 3. The molecule has 5 heteroatoms. The summed E-state index contributed by atoms with van der Waals surface area (Å²) in [6.45, 7) is 3.93. The largest absolute Gasteiger partial charge is 0.361 e. The van der Waals surface area contributed by atoms with Gasteiger partial charge in [-0.05, 0) is 36.9 Å².